The maximum atomic E-state index is 2.44. The molecular weight excluding hydrogens is 320 g/mol. The third kappa shape index (κ3) is 4.85. The van der Waals surface area contributed by atoms with Crippen LogP contribution < -0.4 is 0 Å². The van der Waals surface area contributed by atoms with Crippen LogP contribution in [0.4, 0.5) is 0 Å². The Kier molecular flexibility index (Phi) is 6.45. The maximum Gasteiger partial charge on any atom is 0.00946 e. The quantitative estimate of drug-likeness (QED) is 0.527. The molecule has 138 valence electrons. The van der Waals surface area contributed by atoms with Crippen LogP contribution in [-0.2, 0) is 0 Å². The molecule has 0 spiro atoms. The molecule has 0 nitrogen and oxygen atoms in total. The highest BCUT2D eigenvalue weighted by molar-refractivity contribution is 8.00. The number of thioether (sulfide) groups is 1. The fourth-order valence-electron chi connectivity index (χ4n) is 5.73. The van der Waals surface area contributed by atoms with Crippen LogP contribution in [0, 0.1) is 11.8 Å². The molecule has 3 saturated carbocycles. The van der Waals surface area contributed by atoms with Gasteiger partial charge in [-0.1, -0.05) is 63.5 Å². The Bertz CT molecular complexity index is 499. The minimum Gasteiger partial charge on any atom is -0.123 e. The summed E-state index contributed by atoms with van der Waals surface area (Å²) in [7, 11) is 0. The van der Waals surface area contributed by atoms with Crippen molar-refractivity contribution in [2.75, 3.05) is 0 Å². The first kappa shape index (κ1) is 18.0. The smallest absolute Gasteiger partial charge is 0.00946 e. The van der Waals surface area contributed by atoms with E-state index in [0.717, 1.165) is 23.0 Å². The normalized spacial score (nSPS) is 29.6. The Morgan fingerprint density at radius 3 is 1.76 bits per heavy atom. The standard InChI is InChI=1S/C24H36S/c1-3-7-19(8-4-1)21-11-15-23(16-12-21)25-24-17-13-22(14-18-24)20-9-5-2-6-10-20/h11-12,15-16,19-20,22,24H,1-10,13-14,17-18H2. The molecule has 0 bridgehead atoms. The van der Waals surface area contributed by atoms with Crippen molar-refractivity contribution >= 4 is 11.8 Å². The zero-order valence-corrected chi connectivity index (χ0v) is 16.7. The fourth-order valence-corrected chi connectivity index (χ4v) is 6.92. The summed E-state index contributed by atoms with van der Waals surface area (Å²) in [5, 5.41) is 0.875. The van der Waals surface area contributed by atoms with Crippen LogP contribution in [-0.4, -0.2) is 5.25 Å². The summed E-state index contributed by atoms with van der Waals surface area (Å²) >= 11 is 2.17. The van der Waals surface area contributed by atoms with E-state index in [-0.39, 0.29) is 0 Å². The van der Waals surface area contributed by atoms with Gasteiger partial charge in [-0.25, -0.2) is 0 Å². The highest BCUT2D eigenvalue weighted by atomic mass is 32.2. The van der Waals surface area contributed by atoms with Crippen molar-refractivity contribution in [3.63, 3.8) is 0 Å². The second-order valence-electron chi connectivity index (χ2n) is 8.96. The zero-order valence-electron chi connectivity index (χ0n) is 15.9. The first-order valence-corrected chi connectivity index (χ1v) is 12.0. The Morgan fingerprint density at radius 1 is 0.560 bits per heavy atom. The molecule has 4 rings (SSSR count). The van der Waals surface area contributed by atoms with Crippen molar-refractivity contribution in [3.05, 3.63) is 29.8 Å². The molecule has 3 aliphatic carbocycles. The minimum atomic E-state index is 0.846. The molecule has 0 atom stereocenters. The molecule has 3 aliphatic rings. The van der Waals surface area contributed by atoms with Crippen LogP contribution in [0.5, 0.6) is 0 Å². The second kappa shape index (κ2) is 8.98. The van der Waals surface area contributed by atoms with Gasteiger partial charge >= 0.3 is 0 Å². The van der Waals surface area contributed by atoms with Gasteiger partial charge in [0.05, 0.1) is 0 Å². The summed E-state index contributed by atoms with van der Waals surface area (Å²) < 4.78 is 0. The van der Waals surface area contributed by atoms with Gasteiger partial charge in [-0.15, -0.1) is 11.8 Å². The average molecular weight is 357 g/mol. The van der Waals surface area contributed by atoms with E-state index in [2.05, 4.69) is 36.0 Å². The number of hydrogen-bond acceptors (Lipinski definition) is 1. The van der Waals surface area contributed by atoms with Crippen LogP contribution in [0.1, 0.15) is 101 Å². The lowest BCUT2D eigenvalue weighted by Gasteiger charge is -2.35. The van der Waals surface area contributed by atoms with Crippen molar-refractivity contribution in [2.45, 2.75) is 106 Å². The predicted octanol–water partition coefficient (Wildman–Crippen LogP) is 7.97. The van der Waals surface area contributed by atoms with Gasteiger partial charge in [-0.2, -0.15) is 0 Å². The molecule has 25 heavy (non-hydrogen) atoms. The van der Waals surface area contributed by atoms with E-state index in [0.29, 0.717) is 0 Å². The van der Waals surface area contributed by atoms with Gasteiger partial charge < -0.3 is 0 Å². The van der Waals surface area contributed by atoms with Crippen LogP contribution in [0.2, 0.25) is 0 Å². The van der Waals surface area contributed by atoms with Crippen molar-refractivity contribution in [1.29, 1.82) is 0 Å². The molecule has 0 aromatic heterocycles. The van der Waals surface area contributed by atoms with E-state index < -0.39 is 0 Å². The third-order valence-corrected chi connectivity index (χ3v) is 8.64. The Labute approximate surface area is 159 Å². The third-order valence-electron chi connectivity index (χ3n) is 7.29. The lowest BCUT2D eigenvalue weighted by Crippen LogP contribution is -2.24. The highest BCUT2D eigenvalue weighted by Crippen LogP contribution is 2.42. The summed E-state index contributed by atoms with van der Waals surface area (Å²) in [4.78, 5) is 1.51. The molecule has 0 N–H and O–H groups in total. The van der Waals surface area contributed by atoms with Crippen molar-refractivity contribution in [2.24, 2.45) is 11.8 Å². The molecule has 0 saturated heterocycles. The number of rotatable bonds is 4. The van der Waals surface area contributed by atoms with Crippen LogP contribution >= 0.6 is 11.8 Å². The van der Waals surface area contributed by atoms with E-state index in [1.807, 2.05) is 0 Å². The summed E-state index contributed by atoms with van der Waals surface area (Å²) in [5.41, 5.74) is 1.60. The van der Waals surface area contributed by atoms with Gasteiger partial charge in [-0.05, 0) is 74.0 Å². The molecule has 0 amide bonds. The summed E-state index contributed by atoms with van der Waals surface area (Å²) in [5.74, 6) is 2.99. The number of benzene rings is 1. The largest absolute Gasteiger partial charge is 0.123 e. The van der Waals surface area contributed by atoms with Crippen LogP contribution in [0.3, 0.4) is 0 Å². The predicted molar refractivity (Wildman–Crippen MR) is 110 cm³/mol. The topological polar surface area (TPSA) is 0 Å². The first-order chi connectivity index (χ1) is 12.4. The van der Waals surface area contributed by atoms with E-state index in [9.17, 15) is 0 Å². The summed E-state index contributed by atoms with van der Waals surface area (Å²) in [6.07, 6.45) is 20.6. The van der Waals surface area contributed by atoms with Crippen LogP contribution in [0.25, 0.3) is 0 Å². The fraction of sp³-hybridized carbons (Fsp3) is 0.750. The lowest BCUT2D eigenvalue weighted by atomic mass is 9.73. The Hall–Kier alpha value is -0.430. The second-order valence-corrected chi connectivity index (χ2v) is 10.3. The van der Waals surface area contributed by atoms with Gasteiger partial charge in [0.15, 0.2) is 0 Å². The molecule has 0 unspecified atom stereocenters. The van der Waals surface area contributed by atoms with Crippen LogP contribution in [0.15, 0.2) is 29.2 Å². The zero-order chi connectivity index (χ0) is 16.9. The molecule has 0 aliphatic heterocycles. The molecule has 0 heterocycles. The van der Waals surface area contributed by atoms with Crippen molar-refractivity contribution in [1.82, 2.24) is 0 Å². The van der Waals surface area contributed by atoms with E-state index in [1.165, 1.54) is 94.8 Å². The Balaban J connectivity index is 1.25. The van der Waals surface area contributed by atoms with Crippen molar-refractivity contribution in [3.8, 4) is 0 Å². The first-order valence-electron chi connectivity index (χ1n) is 11.1. The summed E-state index contributed by atoms with van der Waals surface area (Å²) in [6.45, 7) is 0. The maximum absolute atomic E-state index is 2.44. The van der Waals surface area contributed by atoms with Crippen molar-refractivity contribution < 1.29 is 0 Å². The molecular formula is C24H36S. The molecule has 1 heteroatoms. The SMILES string of the molecule is c1cc(C2CCCCC2)ccc1SC1CCC(C2CCCCC2)CC1. The van der Waals surface area contributed by atoms with Gasteiger partial charge in [0.1, 0.15) is 0 Å². The minimum absolute atomic E-state index is 0.846. The Morgan fingerprint density at radius 2 is 1.12 bits per heavy atom. The summed E-state index contributed by atoms with van der Waals surface area (Å²) in [6, 6.07) is 9.71. The number of hydrogen-bond donors (Lipinski definition) is 0. The molecule has 1 aromatic rings. The van der Waals surface area contributed by atoms with E-state index in [1.54, 1.807) is 5.56 Å². The average Bonchev–Trinajstić information content (AvgIpc) is 2.71. The molecule has 3 fully saturated rings. The monoisotopic (exact) mass is 356 g/mol. The highest BCUT2D eigenvalue weighted by Gasteiger charge is 2.28. The van der Waals surface area contributed by atoms with E-state index in [4.69, 9.17) is 0 Å². The van der Waals surface area contributed by atoms with Gasteiger partial charge in [-0.3, -0.25) is 0 Å². The molecule has 1 aromatic carbocycles. The van der Waals surface area contributed by atoms with Gasteiger partial charge in [0, 0.05) is 10.1 Å². The van der Waals surface area contributed by atoms with Gasteiger partial charge in [0.2, 0.25) is 0 Å². The molecule has 0 radical (unpaired) electrons. The van der Waals surface area contributed by atoms with E-state index >= 15 is 0 Å². The van der Waals surface area contributed by atoms with Gasteiger partial charge in [0.25, 0.3) is 0 Å². The lowest BCUT2D eigenvalue weighted by molar-refractivity contribution is 0.198.